The number of rotatable bonds is 4. The summed E-state index contributed by atoms with van der Waals surface area (Å²) in [6.07, 6.45) is 0. The topological polar surface area (TPSA) is 77.5 Å². The van der Waals surface area contributed by atoms with E-state index in [0.29, 0.717) is 35.3 Å². The number of hydrogen-bond acceptors (Lipinski definition) is 4. The molecule has 3 rings (SSSR count). The van der Waals surface area contributed by atoms with Crippen LogP contribution < -0.4 is 34.7 Å². The number of carbonyl (C=O) groups excluding carboxylic acids is 3. The van der Waals surface area contributed by atoms with Crippen LogP contribution in [0.25, 0.3) is 11.1 Å². The third kappa shape index (κ3) is 3.27. The fourth-order valence-corrected chi connectivity index (χ4v) is 3.03. The van der Waals surface area contributed by atoms with Crippen LogP contribution in [0, 0.1) is 0 Å². The molecule has 0 atom stereocenters. The van der Waals surface area contributed by atoms with Crippen molar-refractivity contribution in [2.75, 3.05) is 13.1 Å². The molecule has 0 saturated heterocycles. The molecule has 1 aliphatic rings. The molecule has 0 heterocycles. The van der Waals surface area contributed by atoms with E-state index in [4.69, 9.17) is 0 Å². The third-order valence-corrected chi connectivity index (χ3v) is 4.35. The van der Waals surface area contributed by atoms with Gasteiger partial charge in [0.25, 0.3) is 5.91 Å². The number of carboxylic acids is 1. The Balaban J connectivity index is 0.00000225. The number of aromatic carboxylic acids is 1. The van der Waals surface area contributed by atoms with Gasteiger partial charge in [-0.25, -0.2) is 0 Å². The minimum Gasteiger partial charge on any atom is -0.545 e. The molecule has 0 aliphatic heterocycles. The summed E-state index contributed by atoms with van der Waals surface area (Å²) in [7, 11) is 0. The first-order chi connectivity index (χ1) is 11.5. The van der Waals surface area contributed by atoms with Crippen LogP contribution in [0.2, 0.25) is 0 Å². The number of amides is 1. The molecule has 0 spiro atoms. The molecule has 6 heteroatoms. The number of fused-ring (bicyclic) bond motifs is 3. The van der Waals surface area contributed by atoms with Crippen LogP contribution in [0.5, 0.6) is 0 Å². The zero-order valence-electron chi connectivity index (χ0n) is 14.5. The first-order valence-corrected chi connectivity index (χ1v) is 7.81. The van der Waals surface area contributed by atoms with E-state index in [2.05, 4.69) is 0 Å². The van der Waals surface area contributed by atoms with Crippen LogP contribution in [0.15, 0.2) is 36.4 Å². The number of carboxylic acid groups (broad SMARTS) is 1. The van der Waals surface area contributed by atoms with Gasteiger partial charge >= 0.3 is 29.6 Å². The average Bonchev–Trinajstić information content (AvgIpc) is 2.87. The summed E-state index contributed by atoms with van der Waals surface area (Å²) in [5.41, 5.74) is 2.59. The molecule has 2 aromatic rings. The van der Waals surface area contributed by atoms with Gasteiger partial charge in [-0.05, 0) is 48.7 Å². The number of benzene rings is 2. The van der Waals surface area contributed by atoms with E-state index in [1.165, 1.54) is 12.1 Å². The van der Waals surface area contributed by atoms with Gasteiger partial charge in [0.2, 0.25) is 0 Å². The molecular weight excluding hydrogens is 329 g/mol. The van der Waals surface area contributed by atoms with Crippen LogP contribution in [0.1, 0.15) is 50.5 Å². The minimum atomic E-state index is -1.32. The third-order valence-electron chi connectivity index (χ3n) is 4.35. The van der Waals surface area contributed by atoms with Gasteiger partial charge in [0.1, 0.15) is 0 Å². The van der Waals surface area contributed by atoms with E-state index in [9.17, 15) is 19.5 Å². The molecule has 1 aliphatic carbocycles. The SMILES string of the molecule is CCN(CC)C(=O)c1ccc2c(c1)C(=O)c1cc(C(=O)[O-])ccc1-2.[Na+]. The predicted octanol–water partition coefficient (Wildman–Crippen LogP) is -1.25. The first-order valence-electron chi connectivity index (χ1n) is 7.81. The van der Waals surface area contributed by atoms with E-state index in [0.717, 1.165) is 5.56 Å². The molecule has 122 valence electrons. The molecule has 0 unspecified atom stereocenters. The standard InChI is InChI=1S/C19H17NO4.Na/c1-3-20(4-2)18(22)11-5-7-13-14-8-6-12(19(23)24)10-16(14)17(21)15(13)9-11;/h5-10H,3-4H2,1-2H3,(H,23,24);/q;+1/p-1. The number of carbonyl (C=O) groups is 3. The molecule has 5 nitrogen and oxygen atoms in total. The van der Waals surface area contributed by atoms with Gasteiger partial charge in [0.15, 0.2) is 5.78 Å². The fourth-order valence-electron chi connectivity index (χ4n) is 3.03. The Hall–Kier alpha value is -1.95. The summed E-state index contributed by atoms with van der Waals surface area (Å²) in [6, 6.07) is 9.40. The fraction of sp³-hybridized carbons (Fsp3) is 0.211. The van der Waals surface area contributed by atoms with Crippen LogP contribution in [0.3, 0.4) is 0 Å². The molecule has 25 heavy (non-hydrogen) atoms. The largest absolute Gasteiger partial charge is 1.00 e. The van der Waals surface area contributed by atoms with Crippen LogP contribution in [-0.2, 0) is 0 Å². The van der Waals surface area contributed by atoms with Crippen LogP contribution in [0.4, 0.5) is 0 Å². The zero-order chi connectivity index (χ0) is 17.4. The maximum absolute atomic E-state index is 12.6. The second-order valence-corrected chi connectivity index (χ2v) is 5.61. The van der Waals surface area contributed by atoms with E-state index < -0.39 is 5.97 Å². The van der Waals surface area contributed by atoms with Gasteiger partial charge in [-0.3, -0.25) is 9.59 Å². The summed E-state index contributed by atoms with van der Waals surface area (Å²) >= 11 is 0. The van der Waals surface area contributed by atoms with Crippen molar-refractivity contribution in [1.29, 1.82) is 0 Å². The van der Waals surface area contributed by atoms with Gasteiger partial charge in [0.05, 0.1) is 5.97 Å². The van der Waals surface area contributed by atoms with Gasteiger partial charge in [0, 0.05) is 29.8 Å². The summed E-state index contributed by atoms with van der Waals surface area (Å²) in [6.45, 7) is 4.99. The Morgan fingerprint density at radius 1 is 0.880 bits per heavy atom. The quantitative estimate of drug-likeness (QED) is 0.554. The number of nitrogens with zero attached hydrogens (tertiary/aromatic N) is 1. The maximum atomic E-state index is 12.6. The van der Waals surface area contributed by atoms with E-state index in [1.807, 2.05) is 13.8 Å². The van der Waals surface area contributed by atoms with Crippen molar-refractivity contribution in [3.8, 4) is 11.1 Å². The van der Waals surface area contributed by atoms with Gasteiger partial charge in [-0.1, -0.05) is 18.2 Å². The molecule has 0 radical (unpaired) electrons. The van der Waals surface area contributed by atoms with E-state index >= 15 is 0 Å². The molecule has 0 bridgehead atoms. The molecule has 2 aromatic carbocycles. The molecule has 1 amide bonds. The van der Waals surface area contributed by atoms with Gasteiger partial charge in [-0.2, -0.15) is 0 Å². The average molecular weight is 345 g/mol. The van der Waals surface area contributed by atoms with Crippen LogP contribution >= 0.6 is 0 Å². The van der Waals surface area contributed by atoms with Crippen molar-refractivity contribution in [2.45, 2.75) is 13.8 Å². The van der Waals surface area contributed by atoms with Crippen molar-refractivity contribution in [3.05, 3.63) is 58.7 Å². The second kappa shape index (κ2) is 7.52. The predicted molar refractivity (Wildman–Crippen MR) is 86.9 cm³/mol. The Morgan fingerprint density at radius 3 is 1.84 bits per heavy atom. The Morgan fingerprint density at radius 2 is 1.36 bits per heavy atom. The molecule has 0 aromatic heterocycles. The maximum Gasteiger partial charge on any atom is 1.00 e. The zero-order valence-corrected chi connectivity index (χ0v) is 16.5. The Labute approximate surface area is 167 Å². The first kappa shape index (κ1) is 19.4. The van der Waals surface area contributed by atoms with Gasteiger partial charge in [-0.15, -0.1) is 0 Å². The van der Waals surface area contributed by atoms with Crippen molar-refractivity contribution in [2.24, 2.45) is 0 Å². The van der Waals surface area contributed by atoms with Gasteiger partial charge < -0.3 is 14.8 Å². The monoisotopic (exact) mass is 345 g/mol. The van der Waals surface area contributed by atoms with E-state index in [1.54, 1.807) is 29.2 Å². The van der Waals surface area contributed by atoms with Crippen molar-refractivity contribution < 1.29 is 49.0 Å². The van der Waals surface area contributed by atoms with Crippen LogP contribution in [-0.4, -0.2) is 35.6 Å². The normalized spacial score (nSPS) is 11.4. The van der Waals surface area contributed by atoms with Crippen molar-refractivity contribution in [1.82, 2.24) is 4.90 Å². The molecule has 0 saturated carbocycles. The molecule has 0 fully saturated rings. The van der Waals surface area contributed by atoms with Crippen molar-refractivity contribution in [3.63, 3.8) is 0 Å². The summed E-state index contributed by atoms with van der Waals surface area (Å²) < 4.78 is 0. The molecular formula is C19H16NNaO4. The number of hydrogen-bond donors (Lipinski definition) is 0. The number of ketones is 1. The van der Waals surface area contributed by atoms with E-state index in [-0.39, 0.29) is 46.8 Å². The minimum absolute atomic E-state index is 0. The summed E-state index contributed by atoms with van der Waals surface area (Å²) in [4.78, 5) is 37.7. The molecule has 0 N–H and O–H groups in total. The second-order valence-electron chi connectivity index (χ2n) is 5.61. The van der Waals surface area contributed by atoms with Crippen molar-refractivity contribution >= 4 is 17.7 Å². The summed E-state index contributed by atoms with van der Waals surface area (Å²) in [5.74, 6) is -1.71. The summed E-state index contributed by atoms with van der Waals surface area (Å²) in [5, 5.41) is 11.0. The Kier molecular flexibility index (Phi) is 5.83. The Bertz CT molecular complexity index is 872. The smallest absolute Gasteiger partial charge is 0.545 e.